The summed E-state index contributed by atoms with van der Waals surface area (Å²) in [5.41, 5.74) is 2.62. The smallest absolute Gasteiger partial charge is 0.324 e. The molecule has 8 nitrogen and oxygen atoms in total. The minimum atomic E-state index is -0.518. The molecule has 4 rings (SSSR count). The van der Waals surface area contributed by atoms with Gasteiger partial charge in [-0.1, -0.05) is 61.5 Å². The zero-order chi connectivity index (χ0) is 26.2. The minimum absolute atomic E-state index is 0.0956. The zero-order valence-electron chi connectivity index (χ0n) is 20.6. The quantitative estimate of drug-likeness (QED) is 0.112. The second-order valence-corrected chi connectivity index (χ2v) is 10.3. The maximum Gasteiger partial charge on any atom is 0.324 e. The highest BCUT2D eigenvalue weighted by molar-refractivity contribution is 7.19. The number of unbranched alkanes of at least 4 members (excludes halogenated alkanes) is 1. The average Bonchev–Trinajstić information content (AvgIpc) is 3.54. The number of carbonyl (C=O) groups excluding carboxylic acids is 1. The fraction of sp³-hybridized carbons (Fsp3) is 0.259. The van der Waals surface area contributed by atoms with Crippen LogP contribution < -0.4 is 14.8 Å². The molecule has 0 radical (unpaired) electrons. The van der Waals surface area contributed by atoms with Gasteiger partial charge in [0.05, 0.1) is 16.4 Å². The number of hydrogen-bond acceptors (Lipinski definition) is 8. The van der Waals surface area contributed by atoms with Gasteiger partial charge in [0.2, 0.25) is 5.06 Å². The molecule has 0 saturated carbocycles. The van der Waals surface area contributed by atoms with Crippen LogP contribution in [-0.2, 0) is 6.42 Å². The van der Waals surface area contributed by atoms with Crippen LogP contribution in [0.3, 0.4) is 0 Å². The Labute approximate surface area is 223 Å². The summed E-state index contributed by atoms with van der Waals surface area (Å²) in [6.07, 6.45) is 4.10. The molecule has 0 saturated heterocycles. The van der Waals surface area contributed by atoms with Crippen molar-refractivity contribution in [1.82, 2.24) is 4.98 Å². The van der Waals surface area contributed by atoms with Gasteiger partial charge < -0.3 is 9.47 Å². The highest BCUT2D eigenvalue weighted by atomic mass is 32.1. The van der Waals surface area contributed by atoms with Gasteiger partial charge in [-0.05, 0) is 60.9 Å². The summed E-state index contributed by atoms with van der Waals surface area (Å²) in [6, 6.07) is 18.2. The molecule has 0 fully saturated rings. The van der Waals surface area contributed by atoms with Crippen LogP contribution in [0.1, 0.15) is 48.3 Å². The number of nitrogens with zero attached hydrogens (tertiary/aromatic N) is 2. The van der Waals surface area contributed by atoms with Crippen LogP contribution in [-0.4, -0.2) is 22.4 Å². The molecular weight excluding hydrogens is 510 g/mol. The number of nitro groups is 1. The van der Waals surface area contributed by atoms with Crippen LogP contribution >= 0.6 is 22.7 Å². The zero-order valence-corrected chi connectivity index (χ0v) is 22.2. The van der Waals surface area contributed by atoms with Crippen molar-refractivity contribution in [2.45, 2.75) is 39.5 Å². The number of carbonyl (C=O) groups is 1. The van der Waals surface area contributed by atoms with Crippen LogP contribution in [0.15, 0.2) is 60.7 Å². The number of aryl methyl sites for hydroxylation is 1. The number of benzene rings is 2. The number of hydrogen-bond donors (Lipinski definition) is 1. The molecule has 0 aliphatic heterocycles. The predicted octanol–water partition coefficient (Wildman–Crippen LogP) is 7.96. The van der Waals surface area contributed by atoms with E-state index in [1.165, 1.54) is 29.0 Å². The SMILES string of the molecule is CCCCOc1ccc(-c2nc(NC(=O)c3ccc([N+](=O)[O-])s3)sc2Oc2ccc(CCC)cc2)cc1. The van der Waals surface area contributed by atoms with E-state index >= 15 is 0 Å². The highest BCUT2D eigenvalue weighted by Gasteiger charge is 2.20. The normalized spacial score (nSPS) is 10.8. The summed E-state index contributed by atoms with van der Waals surface area (Å²) < 4.78 is 12.0. The van der Waals surface area contributed by atoms with Crippen molar-refractivity contribution in [1.29, 1.82) is 0 Å². The van der Waals surface area contributed by atoms with Gasteiger partial charge in [-0.15, -0.1) is 0 Å². The summed E-state index contributed by atoms with van der Waals surface area (Å²) in [6.45, 7) is 4.91. The maximum atomic E-state index is 12.7. The van der Waals surface area contributed by atoms with E-state index in [1.54, 1.807) is 0 Å². The van der Waals surface area contributed by atoms with Crippen LogP contribution in [0.25, 0.3) is 11.3 Å². The molecule has 1 N–H and O–H groups in total. The monoisotopic (exact) mass is 537 g/mol. The molecule has 1 amide bonds. The van der Waals surface area contributed by atoms with E-state index in [4.69, 9.17) is 9.47 Å². The van der Waals surface area contributed by atoms with E-state index in [1.807, 2.05) is 48.5 Å². The fourth-order valence-electron chi connectivity index (χ4n) is 3.48. The van der Waals surface area contributed by atoms with Crippen molar-refractivity contribution in [2.24, 2.45) is 0 Å². The Hall–Kier alpha value is -3.76. The van der Waals surface area contributed by atoms with Crippen LogP contribution in [0.4, 0.5) is 10.1 Å². The molecule has 4 aromatic rings. The predicted molar refractivity (Wildman–Crippen MR) is 147 cm³/mol. The first-order valence-corrected chi connectivity index (χ1v) is 13.7. The first kappa shape index (κ1) is 26.3. The number of thiazole rings is 1. The standard InChI is InChI=1S/C27H27N3O5S2/c1-3-5-17-34-20-13-9-19(10-14-20)24-26(35-21-11-7-18(6-4-2)8-12-21)37-27(28-24)29-25(31)22-15-16-23(36-22)30(32)33/h7-16H,3-6,17H2,1-2H3,(H,28,29,31). The molecule has 37 heavy (non-hydrogen) atoms. The average molecular weight is 538 g/mol. The molecule has 2 heterocycles. The van der Waals surface area contributed by atoms with Crippen molar-refractivity contribution in [2.75, 3.05) is 11.9 Å². The first-order valence-electron chi connectivity index (χ1n) is 12.0. The molecular formula is C27H27N3O5S2. The van der Waals surface area contributed by atoms with Gasteiger partial charge >= 0.3 is 5.00 Å². The van der Waals surface area contributed by atoms with Crippen molar-refractivity contribution < 1.29 is 19.2 Å². The number of thiophene rings is 1. The van der Waals surface area contributed by atoms with Gasteiger partial charge in [0.1, 0.15) is 17.2 Å². The fourth-order valence-corrected chi connectivity index (χ4v) is 5.05. The first-order chi connectivity index (χ1) is 18.0. The van der Waals surface area contributed by atoms with Crippen molar-refractivity contribution in [3.8, 4) is 27.8 Å². The lowest BCUT2D eigenvalue weighted by Crippen LogP contribution is -2.09. The lowest BCUT2D eigenvalue weighted by molar-refractivity contribution is -0.380. The molecule has 192 valence electrons. The summed E-state index contributed by atoms with van der Waals surface area (Å²) in [4.78, 5) is 28.0. The van der Waals surface area contributed by atoms with Crippen LogP contribution in [0.2, 0.25) is 0 Å². The van der Waals surface area contributed by atoms with Crippen molar-refractivity contribution >= 4 is 38.7 Å². The Morgan fingerprint density at radius 3 is 2.35 bits per heavy atom. The second kappa shape index (κ2) is 12.5. The Morgan fingerprint density at radius 2 is 1.70 bits per heavy atom. The van der Waals surface area contributed by atoms with Gasteiger partial charge in [0.15, 0.2) is 5.13 Å². The summed E-state index contributed by atoms with van der Waals surface area (Å²) >= 11 is 2.01. The van der Waals surface area contributed by atoms with Crippen LogP contribution in [0.5, 0.6) is 16.6 Å². The van der Waals surface area contributed by atoms with Gasteiger partial charge in [0.25, 0.3) is 5.91 Å². The summed E-state index contributed by atoms with van der Waals surface area (Å²) in [5, 5.41) is 14.5. The van der Waals surface area contributed by atoms with Crippen LogP contribution in [0, 0.1) is 10.1 Å². The third-order valence-corrected chi connectivity index (χ3v) is 7.26. The topological polar surface area (TPSA) is 104 Å². The Morgan fingerprint density at radius 1 is 0.973 bits per heavy atom. The lowest BCUT2D eigenvalue weighted by atomic mass is 10.1. The molecule has 0 atom stereocenters. The van der Waals surface area contributed by atoms with E-state index in [-0.39, 0.29) is 9.88 Å². The molecule has 10 heteroatoms. The van der Waals surface area contributed by atoms with E-state index in [0.717, 1.165) is 48.3 Å². The Balaban J connectivity index is 1.59. The third kappa shape index (κ3) is 6.93. The molecule has 0 aliphatic carbocycles. The van der Waals surface area contributed by atoms with Crippen molar-refractivity contribution in [3.63, 3.8) is 0 Å². The number of amides is 1. The molecule has 2 aromatic carbocycles. The third-order valence-electron chi connectivity index (χ3n) is 5.38. The number of nitrogens with one attached hydrogen (secondary N) is 1. The minimum Gasteiger partial charge on any atom is -0.494 e. The number of aromatic nitrogens is 1. The van der Waals surface area contributed by atoms with Gasteiger partial charge in [0, 0.05) is 11.6 Å². The molecule has 0 bridgehead atoms. The maximum absolute atomic E-state index is 12.7. The van der Waals surface area contributed by atoms with Gasteiger partial charge in [-0.2, -0.15) is 0 Å². The number of anilines is 1. The molecule has 0 unspecified atom stereocenters. The van der Waals surface area contributed by atoms with E-state index < -0.39 is 10.8 Å². The largest absolute Gasteiger partial charge is 0.494 e. The van der Waals surface area contributed by atoms with Crippen molar-refractivity contribution in [3.05, 3.63) is 81.2 Å². The highest BCUT2D eigenvalue weighted by Crippen LogP contribution is 2.41. The summed E-state index contributed by atoms with van der Waals surface area (Å²) in [5.74, 6) is 0.971. The summed E-state index contributed by atoms with van der Waals surface area (Å²) in [7, 11) is 0. The van der Waals surface area contributed by atoms with E-state index in [2.05, 4.69) is 24.1 Å². The van der Waals surface area contributed by atoms with Gasteiger partial charge in [-0.3, -0.25) is 20.2 Å². The van der Waals surface area contributed by atoms with E-state index in [9.17, 15) is 14.9 Å². The lowest BCUT2D eigenvalue weighted by Gasteiger charge is -2.08. The van der Waals surface area contributed by atoms with E-state index in [0.29, 0.717) is 28.2 Å². The number of rotatable bonds is 12. The molecule has 0 aliphatic rings. The molecule has 2 aromatic heterocycles. The Bertz CT molecular complexity index is 1350. The Kier molecular flexibility index (Phi) is 8.86. The number of ether oxygens (including phenoxy) is 2. The van der Waals surface area contributed by atoms with Gasteiger partial charge in [-0.25, -0.2) is 4.98 Å². The second-order valence-electron chi connectivity index (χ2n) is 8.23. The molecule has 0 spiro atoms.